The van der Waals surface area contributed by atoms with Crippen LogP contribution in [0.2, 0.25) is 0 Å². The van der Waals surface area contributed by atoms with Gasteiger partial charge in [-0.15, -0.1) is 0 Å². The van der Waals surface area contributed by atoms with Crippen LogP contribution in [0.1, 0.15) is 22.3 Å². The summed E-state index contributed by atoms with van der Waals surface area (Å²) in [5, 5.41) is 0. The van der Waals surface area contributed by atoms with Gasteiger partial charge in [-0.3, -0.25) is 0 Å². The number of hydrogen-bond acceptors (Lipinski definition) is 0. The van der Waals surface area contributed by atoms with Crippen molar-refractivity contribution < 1.29 is 32.7 Å². The Balaban J connectivity index is 0.000000284. The second-order valence-electron chi connectivity index (χ2n) is 4.10. The SMILES string of the molecule is Cc1[c-]ccc(C)c1.Cc1[c-]ccc(C)c1.[Y+3]. The summed E-state index contributed by atoms with van der Waals surface area (Å²) in [5.41, 5.74) is 5.04. The van der Waals surface area contributed by atoms with Gasteiger partial charge in [-0.1, -0.05) is 27.7 Å². The molecule has 0 amide bonds. The Kier molecular flexibility index (Phi) is 8.38. The fourth-order valence-electron chi connectivity index (χ4n) is 1.47. The van der Waals surface area contributed by atoms with E-state index in [0.29, 0.717) is 0 Å². The average molecular weight is 299 g/mol. The van der Waals surface area contributed by atoms with Crippen molar-refractivity contribution in [3.8, 4) is 0 Å². The molecule has 0 atom stereocenters. The van der Waals surface area contributed by atoms with Crippen LogP contribution in [0.5, 0.6) is 0 Å². The van der Waals surface area contributed by atoms with E-state index < -0.39 is 0 Å². The average Bonchev–Trinajstić information content (AvgIpc) is 2.17. The number of hydrogen-bond donors (Lipinski definition) is 0. The van der Waals surface area contributed by atoms with Gasteiger partial charge in [-0.2, -0.15) is 70.8 Å². The van der Waals surface area contributed by atoms with Gasteiger partial charge in [0.15, 0.2) is 0 Å². The maximum atomic E-state index is 3.07. The van der Waals surface area contributed by atoms with E-state index >= 15 is 0 Å². The summed E-state index contributed by atoms with van der Waals surface area (Å²) in [7, 11) is 0. The zero-order chi connectivity index (χ0) is 12.0. The van der Waals surface area contributed by atoms with Crippen molar-refractivity contribution in [3.05, 3.63) is 70.8 Å². The van der Waals surface area contributed by atoms with Crippen LogP contribution in [-0.4, -0.2) is 0 Å². The number of benzene rings is 2. The molecule has 0 aliphatic carbocycles. The molecule has 0 radical (unpaired) electrons. The maximum absolute atomic E-state index is 3.07. The Morgan fingerprint density at radius 1 is 0.706 bits per heavy atom. The molecule has 0 unspecified atom stereocenters. The third kappa shape index (κ3) is 7.46. The Labute approximate surface area is 130 Å². The molecule has 2 aromatic carbocycles. The molecule has 0 N–H and O–H groups in total. The second kappa shape index (κ2) is 8.61. The summed E-state index contributed by atoms with van der Waals surface area (Å²) in [6.07, 6.45) is 0. The summed E-state index contributed by atoms with van der Waals surface area (Å²) in [4.78, 5) is 0. The molecule has 0 bridgehead atoms. The molecule has 2 aromatic rings. The first-order valence-electron chi connectivity index (χ1n) is 5.48. The van der Waals surface area contributed by atoms with Gasteiger partial charge in [0.25, 0.3) is 0 Å². The molecule has 0 aromatic heterocycles. The van der Waals surface area contributed by atoms with Gasteiger partial charge >= 0.3 is 32.7 Å². The van der Waals surface area contributed by atoms with Crippen LogP contribution in [0.25, 0.3) is 0 Å². The second-order valence-corrected chi connectivity index (χ2v) is 4.10. The van der Waals surface area contributed by atoms with Gasteiger partial charge in [0.1, 0.15) is 0 Å². The van der Waals surface area contributed by atoms with Crippen LogP contribution in [0.4, 0.5) is 0 Å². The molecule has 0 heterocycles. The Morgan fingerprint density at radius 2 is 1.06 bits per heavy atom. The molecule has 0 spiro atoms. The topological polar surface area (TPSA) is 0 Å². The van der Waals surface area contributed by atoms with E-state index in [0.717, 1.165) is 0 Å². The Bertz CT molecular complexity index is 369. The van der Waals surface area contributed by atoms with Crippen LogP contribution in [0.15, 0.2) is 36.4 Å². The van der Waals surface area contributed by atoms with E-state index in [-0.39, 0.29) is 32.7 Å². The molecular weight excluding hydrogens is 281 g/mol. The molecular formula is C16H18Y+. The maximum Gasteiger partial charge on any atom is 3.00 e. The minimum atomic E-state index is 0. The van der Waals surface area contributed by atoms with Gasteiger partial charge < -0.3 is 0 Å². The van der Waals surface area contributed by atoms with E-state index in [4.69, 9.17) is 0 Å². The minimum absolute atomic E-state index is 0. The van der Waals surface area contributed by atoms with E-state index in [1.54, 1.807) is 0 Å². The van der Waals surface area contributed by atoms with E-state index in [9.17, 15) is 0 Å². The van der Waals surface area contributed by atoms with E-state index in [2.05, 4.69) is 38.1 Å². The van der Waals surface area contributed by atoms with Crippen LogP contribution in [-0.2, 0) is 32.7 Å². The van der Waals surface area contributed by atoms with Gasteiger partial charge in [-0.05, 0) is 0 Å². The summed E-state index contributed by atoms with van der Waals surface area (Å²) < 4.78 is 0. The van der Waals surface area contributed by atoms with Gasteiger partial charge in [-0.25, -0.2) is 0 Å². The zero-order valence-corrected chi connectivity index (χ0v) is 13.9. The minimum Gasteiger partial charge on any atom is -0.181 e. The molecule has 84 valence electrons. The summed E-state index contributed by atoms with van der Waals surface area (Å²) >= 11 is 0. The first-order valence-corrected chi connectivity index (χ1v) is 5.48. The Hall–Kier alpha value is -0.456. The predicted molar refractivity (Wildman–Crippen MR) is 69.5 cm³/mol. The van der Waals surface area contributed by atoms with Crippen molar-refractivity contribution >= 4 is 0 Å². The van der Waals surface area contributed by atoms with Crippen molar-refractivity contribution in [2.75, 3.05) is 0 Å². The monoisotopic (exact) mass is 299 g/mol. The normalized spacial score (nSPS) is 8.71. The van der Waals surface area contributed by atoms with Crippen LogP contribution in [0, 0.1) is 39.8 Å². The van der Waals surface area contributed by atoms with Crippen molar-refractivity contribution in [1.29, 1.82) is 0 Å². The largest absolute Gasteiger partial charge is 3.00 e. The molecule has 17 heavy (non-hydrogen) atoms. The van der Waals surface area contributed by atoms with Gasteiger partial charge in [0.2, 0.25) is 0 Å². The van der Waals surface area contributed by atoms with Gasteiger partial charge in [0.05, 0.1) is 0 Å². The van der Waals surface area contributed by atoms with Crippen LogP contribution in [0.3, 0.4) is 0 Å². The van der Waals surface area contributed by atoms with Crippen LogP contribution < -0.4 is 0 Å². The van der Waals surface area contributed by atoms with Crippen molar-refractivity contribution in [1.82, 2.24) is 0 Å². The summed E-state index contributed by atoms with van der Waals surface area (Å²) in [6, 6.07) is 18.4. The fourth-order valence-corrected chi connectivity index (χ4v) is 1.47. The zero-order valence-electron chi connectivity index (χ0n) is 11.0. The first kappa shape index (κ1) is 16.5. The number of rotatable bonds is 0. The molecule has 0 aliphatic heterocycles. The third-order valence-corrected chi connectivity index (χ3v) is 2.20. The number of aryl methyl sites for hydroxylation is 4. The summed E-state index contributed by atoms with van der Waals surface area (Å²) in [5.74, 6) is 0. The molecule has 0 saturated carbocycles. The molecule has 1 heteroatoms. The van der Waals surface area contributed by atoms with E-state index in [1.807, 2.05) is 38.1 Å². The smallest absolute Gasteiger partial charge is 0.181 e. The van der Waals surface area contributed by atoms with Crippen molar-refractivity contribution in [2.24, 2.45) is 0 Å². The first-order chi connectivity index (χ1) is 7.58. The fraction of sp³-hybridized carbons (Fsp3) is 0.250. The molecule has 0 aliphatic rings. The van der Waals surface area contributed by atoms with Crippen LogP contribution >= 0.6 is 0 Å². The third-order valence-electron chi connectivity index (χ3n) is 2.20. The summed E-state index contributed by atoms with van der Waals surface area (Å²) in [6.45, 7) is 8.27. The molecule has 0 saturated heterocycles. The van der Waals surface area contributed by atoms with E-state index in [1.165, 1.54) is 22.3 Å². The molecule has 0 fully saturated rings. The standard InChI is InChI=1S/2C8H9.Y/c2*1-7-4-3-5-8(2)6-7;/h2*3-4,6H,1-2H3;/q2*-1;+3. The van der Waals surface area contributed by atoms with Crippen molar-refractivity contribution in [3.63, 3.8) is 0 Å². The van der Waals surface area contributed by atoms with Gasteiger partial charge in [0, 0.05) is 0 Å². The van der Waals surface area contributed by atoms with Crippen molar-refractivity contribution in [2.45, 2.75) is 27.7 Å². The molecule has 2 rings (SSSR count). The predicted octanol–water partition coefficient (Wildman–Crippen LogP) is 4.20. The molecule has 0 nitrogen and oxygen atoms in total. The quantitative estimate of drug-likeness (QED) is 0.639. The Morgan fingerprint density at radius 3 is 1.24 bits per heavy atom.